The second-order valence-corrected chi connectivity index (χ2v) is 4.67. The summed E-state index contributed by atoms with van der Waals surface area (Å²) in [7, 11) is 0. The van der Waals surface area contributed by atoms with Gasteiger partial charge in [0.05, 0.1) is 17.4 Å². The largest absolute Gasteiger partial charge is 0.394 e. The van der Waals surface area contributed by atoms with Gasteiger partial charge in [0, 0.05) is 0 Å². The molecule has 1 saturated carbocycles. The van der Waals surface area contributed by atoms with E-state index in [9.17, 15) is 4.79 Å². The van der Waals surface area contributed by atoms with Crippen LogP contribution < -0.4 is 5.32 Å². The Labute approximate surface area is 84.3 Å². The Morgan fingerprint density at radius 3 is 2.46 bits per heavy atom. The number of thiol groups is 1. The van der Waals surface area contributed by atoms with Crippen LogP contribution in [0.3, 0.4) is 0 Å². The molecule has 0 aromatic rings. The Kier molecular flexibility index (Phi) is 3.24. The van der Waals surface area contributed by atoms with Gasteiger partial charge in [-0.1, -0.05) is 13.8 Å². The van der Waals surface area contributed by atoms with E-state index in [0.29, 0.717) is 0 Å². The summed E-state index contributed by atoms with van der Waals surface area (Å²) in [5.41, 5.74) is -0.313. The molecule has 0 aromatic heterocycles. The lowest BCUT2D eigenvalue weighted by Crippen LogP contribution is -2.44. The van der Waals surface area contributed by atoms with Gasteiger partial charge in [0.15, 0.2) is 0 Å². The van der Waals surface area contributed by atoms with Gasteiger partial charge in [0.25, 0.3) is 0 Å². The summed E-state index contributed by atoms with van der Waals surface area (Å²) < 4.78 is 0. The van der Waals surface area contributed by atoms with Crippen LogP contribution in [0, 0.1) is 5.92 Å². The molecule has 4 heteroatoms. The second-order valence-electron chi connectivity index (χ2n) is 4.12. The van der Waals surface area contributed by atoms with Crippen molar-refractivity contribution >= 4 is 18.5 Å². The molecule has 1 fully saturated rings. The van der Waals surface area contributed by atoms with Crippen molar-refractivity contribution in [2.45, 2.75) is 37.5 Å². The monoisotopic (exact) mass is 203 g/mol. The maximum atomic E-state index is 11.5. The second kappa shape index (κ2) is 3.88. The minimum absolute atomic E-state index is 0.0390. The van der Waals surface area contributed by atoms with E-state index in [1.54, 1.807) is 0 Å². The maximum Gasteiger partial charge on any atom is 0.233 e. The lowest BCUT2D eigenvalue weighted by atomic mass is 10.1. The molecule has 0 aliphatic heterocycles. The van der Waals surface area contributed by atoms with E-state index < -0.39 is 0 Å². The van der Waals surface area contributed by atoms with Gasteiger partial charge < -0.3 is 10.4 Å². The Morgan fingerprint density at radius 2 is 2.15 bits per heavy atom. The molecule has 13 heavy (non-hydrogen) atoms. The van der Waals surface area contributed by atoms with E-state index in [2.05, 4.69) is 17.9 Å². The van der Waals surface area contributed by atoms with E-state index in [0.717, 1.165) is 12.8 Å². The van der Waals surface area contributed by atoms with E-state index >= 15 is 0 Å². The molecular formula is C9H17NO2S. The normalized spacial score (nSPS) is 21.3. The number of carbonyl (C=O) groups excluding carboxylic acids is 1. The summed E-state index contributed by atoms with van der Waals surface area (Å²) in [5, 5.41) is 11.5. The number of hydrogen-bond acceptors (Lipinski definition) is 3. The molecular weight excluding hydrogens is 186 g/mol. The first-order valence-electron chi connectivity index (χ1n) is 4.62. The summed E-state index contributed by atoms with van der Waals surface area (Å²) in [6, 6.07) is 0. The zero-order valence-corrected chi connectivity index (χ0v) is 8.97. The van der Waals surface area contributed by atoms with Crippen molar-refractivity contribution in [1.29, 1.82) is 0 Å². The molecule has 1 atom stereocenters. The van der Waals surface area contributed by atoms with Gasteiger partial charge in [-0.2, -0.15) is 12.6 Å². The van der Waals surface area contributed by atoms with Gasteiger partial charge in [-0.25, -0.2) is 0 Å². The van der Waals surface area contributed by atoms with E-state index in [4.69, 9.17) is 5.11 Å². The molecule has 1 aliphatic carbocycles. The third-order valence-electron chi connectivity index (χ3n) is 2.44. The smallest absolute Gasteiger partial charge is 0.233 e. The first-order chi connectivity index (χ1) is 6.01. The molecule has 3 nitrogen and oxygen atoms in total. The van der Waals surface area contributed by atoms with Crippen LogP contribution in [0.25, 0.3) is 0 Å². The summed E-state index contributed by atoms with van der Waals surface area (Å²) in [6.07, 6.45) is 1.77. The van der Waals surface area contributed by atoms with Crippen molar-refractivity contribution in [3.05, 3.63) is 0 Å². The predicted molar refractivity (Wildman–Crippen MR) is 54.8 cm³/mol. The van der Waals surface area contributed by atoms with Crippen molar-refractivity contribution in [2.24, 2.45) is 5.92 Å². The highest BCUT2D eigenvalue weighted by atomic mass is 32.1. The summed E-state index contributed by atoms with van der Waals surface area (Å²) in [4.78, 5) is 11.5. The van der Waals surface area contributed by atoms with E-state index in [1.807, 2.05) is 13.8 Å². The van der Waals surface area contributed by atoms with E-state index in [-0.39, 0.29) is 29.2 Å². The molecule has 76 valence electrons. The van der Waals surface area contributed by atoms with Crippen LogP contribution in [0.2, 0.25) is 0 Å². The highest BCUT2D eigenvalue weighted by molar-refractivity contribution is 7.81. The molecule has 2 N–H and O–H groups in total. The van der Waals surface area contributed by atoms with Gasteiger partial charge in [-0.15, -0.1) is 0 Å². The average Bonchev–Trinajstić information content (AvgIpc) is 2.84. The molecule has 0 bridgehead atoms. The van der Waals surface area contributed by atoms with Gasteiger partial charge in [-0.3, -0.25) is 4.79 Å². The fraction of sp³-hybridized carbons (Fsp3) is 0.889. The summed E-state index contributed by atoms with van der Waals surface area (Å²) >= 11 is 4.20. The number of nitrogens with one attached hydrogen (secondary N) is 1. The topological polar surface area (TPSA) is 49.3 Å². The zero-order chi connectivity index (χ0) is 10.1. The van der Waals surface area contributed by atoms with Crippen molar-refractivity contribution in [3.63, 3.8) is 0 Å². The Hall–Kier alpha value is -0.220. The number of aliphatic hydroxyl groups is 1. The van der Waals surface area contributed by atoms with Crippen LogP contribution in [0.1, 0.15) is 26.7 Å². The standard InChI is InChI=1S/C9H17NO2S/c1-6(2)7(13)8(12)10-9(5-11)3-4-9/h6-7,11,13H,3-5H2,1-2H3,(H,10,12). The molecule has 0 saturated heterocycles. The first-order valence-corrected chi connectivity index (χ1v) is 5.13. The van der Waals surface area contributed by atoms with Crippen LogP contribution in [0.15, 0.2) is 0 Å². The molecule has 0 spiro atoms. The fourth-order valence-electron chi connectivity index (χ4n) is 1.11. The quantitative estimate of drug-likeness (QED) is 0.585. The molecule has 1 amide bonds. The number of aliphatic hydroxyl groups excluding tert-OH is 1. The Balaban J connectivity index is 2.41. The fourth-order valence-corrected chi connectivity index (χ4v) is 1.18. The predicted octanol–water partition coefficient (Wildman–Crippen LogP) is 0.582. The van der Waals surface area contributed by atoms with Crippen LogP contribution in [-0.2, 0) is 4.79 Å². The van der Waals surface area contributed by atoms with Crippen LogP contribution in [0.5, 0.6) is 0 Å². The third kappa shape index (κ3) is 2.61. The molecule has 0 aromatic carbocycles. The number of rotatable bonds is 4. The number of carbonyl (C=O) groups is 1. The van der Waals surface area contributed by atoms with Crippen LogP contribution >= 0.6 is 12.6 Å². The van der Waals surface area contributed by atoms with Crippen molar-refractivity contribution < 1.29 is 9.90 Å². The van der Waals surface area contributed by atoms with E-state index in [1.165, 1.54) is 0 Å². The molecule has 1 aliphatic rings. The highest BCUT2D eigenvalue weighted by Crippen LogP contribution is 2.34. The van der Waals surface area contributed by atoms with Gasteiger partial charge in [0.1, 0.15) is 0 Å². The lowest BCUT2D eigenvalue weighted by molar-refractivity contribution is -0.122. The maximum absolute atomic E-state index is 11.5. The Morgan fingerprint density at radius 1 is 1.62 bits per heavy atom. The van der Waals surface area contributed by atoms with Crippen molar-refractivity contribution in [1.82, 2.24) is 5.32 Å². The van der Waals surface area contributed by atoms with Crippen molar-refractivity contribution in [2.75, 3.05) is 6.61 Å². The summed E-state index contributed by atoms with van der Waals surface area (Å²) in [5.74, 6) is 0.155. The molecule has 1 unspecified atom stereocenters. The highest BCUT2D eigenvalue weighted by Gasteiger charge is 2.44. The number of amides is 1. The molecule has 1 rings (SSSR count). The minimum Gasteiger partial charge on any atom is -0.394 e. The summed E-state index contributed by atoms with van der Waals surface area (Å²) in [6.45, 7) is 3.95. The number of hydrogen-bond donors (Lipinski definition) is 3. The van der Waals surface area contributed by atoms with Gasteiger partial charge in [-0.05, 0) is 18.8 Å². The average molecular weight is 203 g/mol. The molecule has 0 heterocycles. The third-order valence-corrected chi connectivity index (χ3v) is 3.28. The van der Waals surface area contributed by atoms with Gasteiger partial charge >= 0.3 is 0 Å². The minimum atomic E-state index is -0.313. The SMILES string of the molecule is CC(C)C(S)C(=O)NC1(CO)CC1. The van der Waals surface area contributed by atoms with Crippen LogP contribution in [-0.4, -0.2) is 28.4 Å². The van der Waals surface area contributed by atoms with Crippen molar-refractivity contribution in [3.8, 4) is 0 Å². The first kappa shape index (κ1) is 10.9. The zero-order valence-electron chi connectivity index (χ0n) is 8.08. The Bertz CT molecular complexity index is 202. The molecule has 0 radical (unpaired) electrons. The van der Waals surface area contributed by atoms with Crippen LogP contribution in [0.4, 0.5) is 0 Å². The van der Waals surface area contributed by atoms with Gasteiger partial charge in [0.2, 0.25) is 5.91 Å². The lowest BCUT2D eigenvalue weighted by Gasteiger charge is -2.19.